The van der Waals surface area contributed by atoms with Crippen molar-refractivity contribution in [3.8, 4) is 5.75 Å². The van der Waals surface area contributed by atoms with Gasteiger partial charge in [-0.15, -0.1) is 0 Å². The molecule has 1 amide bonds. The molecule has 1 aromatic carbocycles. The minimum atomic E-state index is -0.302. The Hall–Kier alpha value is -3.28. The van der Waals surface area contributed by atoms with Crippen molar-refractivity contribution in [3.63, 3.8) is 0 Å². The summed E-state index contributed by atoms with van der Waals surface area (Å²) in [6.45, 7) is 0. The Morgan fingerprint density at radius 3 is 2.83 bits per heavy atom. The zero-order valence-corrected chi connectivity index (χ0v) is 15.9. The van der Waals surface area contributed by atoms with Crippen molar-refractivity contribution >= 4 is 17.8 Å². The summed E-state index contributed by atoms with van der Waals surface area (Å²) in [5.41, 5.74) is 2.45. The number of phenolic OH excluding ortho intramolecular Hbond substituents is 1. The van der Waals surface area contributed by atoms with Gasteiger partial charge in [0.15, 0.2) is 0 Å². The van der Waals surface area contributed by atoms with Crippen LogP contribution in [0.3, 0.4) is 0 Å². The fourth-order valence-corrected chi connectivity index (χ4v) is 4.37. The van der Waals surface area contributed by atoms with Gasteiger partial charge in [-0.05, 0) is 36.8 Å². The number of benzene rings is 1. The molecule has 1 saturated carbocycles. The first-order valence-corrected chi connectivity index (χ1v) is 9.99. The van der Waals surface area contributed by atoms with Crippen LogP contribution in [0.4, 0.5) is 0 Å². The molecule has 29 heavy (non-hydrogen) atoms. The monoisotopic (exact) mass is 386 g/mol. The van der Waals surface area contributed by atoms with Crippen LogP contribution in [0.15, 0.2) is 71.2 Å². The normalized spacial score (nSPS) is 27.7. The second-order valence-corrected chi connectivity index (χ2v) is 7.83. The second kappa shape index (κ2) is 7.28. The van der Waals surface area contributed by atoms with Gasteiger partial charge in [-0.1, -0.05) is 30.3 Å². The maximum Gasteiger partial charge on any atom is 0.246 e. The molecule has 2 unspecified atom stereocenters. The highest BCUT2D eigenvalue weighted by Crippen LogP contribution is 2.49. The lowest BCUT2D eigenvalue weighted by Crippen LogP contribution is -2.29. The third-order valence-electron chi connectivity index (χ3n) is 6.04. The molecular weight excluding hydrogens is 364 g/mol. The molecular formula is C23H22N4O2. The number of hydrazone groups is 1. The maximum absolute atomic E-state index is 13.4. The number of rotatable bonds is 4. The van der Waals surface area contributed by atoms with E-state index >= 15 is 0 Å². The molecule has 6 heteroatoms. The van der Waals surface area contributed by atoms with E-state index in [-0.39, 0.29) is 23.6 Å². The zero-order valence-electron chi connectivity index (χ0n) is 15.9. The molecule has 3 aliphatic rings. The van der Waals surface area contributed by atoms with Gasteiger partial charge in [-0.25, -0.2) is 5.01 Å². The summed E-state index contributed by atoms with van der Waals surface area (Å²) in [6, 6.07) is 10.7. The van der Waals surface area contributed by atoms with Gasteiger partial charge >= 0.3 is 0 Å². The average Bonchev–Trinajstić information content (AvgIpc) is 3.46. The lowest BCUT2D eigenvalue weighted by atomic mass is 9.96. The molecule has 1 N–H and O–H groups in total. The Morgan fingerprint density at radius 1 is 1.17 bits per heavy atom. The van der Waals surface area contributed by atoms with Crippen LogP contribution in [0.2, 0.25) is 0 Å². The number of hydrogen-bond acceptors (Lipinski definition) is 5. The Bertz CT molecular complexity index is 1010. The van der Waals surface area contributed by atoms with Gasteiger partial charge in [-0.2, -0.15) is 5.10 Å². The fraction of sp³-hybridized carbons (Fsp3) is 0.304. The molecule has 4 atom stereocenters. The van der Waals surface area contributed by atoms with Gasteiger partial charge in [0.1, 0.15) is 5.75 Å². The molecule has 0 saturated heterocycles. The standard InChI is InChI=1S/C23H22N4O2/c28-22-6-2-1-5-17(22)21-13-20(16-4-3-9-25-14-16)26-27(21)23(29)19-12-18(19)15-7-10-24-11-8-15/h1-7,9-11,14-15,18-19,21,28H,8,12-13H2/t15?,18-,19+,21?/m1/s1. The molecule has 2 aromatic rings. The number of allylic oxidation sites excluding steroid dienone is 1. The van der Waals surface area contributed by atoms with Crippen molar-refractivity contribution in [1.29, 1.82) is 0 Å². The third kappa shape index (κ3) is 3.35. The number of para-hydroxylation sites is 1. The van der Waals surface area contributed by atoms with Crippen LogP contribution >= 0.6 is 0 Å². The molecule has 146 valence electrons. The highest BCUT2D eigenvalue weighted by atomic mass is 16.3. The molecule has 0 bridgehead atoms. The van der Waals surface area contributed by atoms with E-state index in [0.29, 0.717) is 18.3 Å². The Kier molecular flexibility index (Phi) is 4.46. The average molecular weight is 386 g/mol. The number of aromatic nitrogens is 1. The predicted octanol–water partition coefficient (Wildman–Crippen LogP) is 3.71. The van der Waals surface area contributed by atoms with E-state index in [2.05, 4.69) is 16.1 Å². The largest absolute Gasteiger partial charge is 0.508 e. The van der Waals surface area contributed by atoms with E-state index in [1.807, 2.05) is 36.7 Å². The van der Waals surface area contributed by atoms with Gasteiger partial charge in [0, 0.05) is 48.3 Å². The first-order valence-electron chi connectivity index (χ1n) is 9.99. The number of aliphatic imine (C=N–C) groups is 1. The summed E-state index contributed by atoms with van der Waals surface area (Å²) in [6.07, 6.45) is 11.7. The number of nitrogens with zero attached hydrogens (tertiary/aromatic N) is 4. The number of amides is 1. The van der Waals surface area contributed by atoms with Crippen molar-refractivity contribution in [2.45, 2.75) is 25.3 Å². The molecule has 0 radical (unpaired) electrons. The molecule has 0 spiro atoms. The zero-order chi connectivity index (χ0) is 19.8. The summed E-state index contributed by atoms with van der Waals surface area (Å²) < 4.78 is 0. The minimum Gasteiger partial charge on any atom is -0.508 e. The van der Waals surface area contributed by atoms with Crippen LogP contribution in [0.1, 0.15) is 36.4 Å². The van der Waals surface area contributed by atoms with Crippen molar-refractivity contribution in [2.75, 3.05) is 0 Å². The number of hydrogen-bond donors (Lipinski definition) is 1. The van der Waals surface area contributed by atoms with Crippen molar-refractivity contribution < 1.29 is 9.90 Å². The number of carbonyl (C=O) groups excluding carboxylic acids is 1. The topological polar surface area (TPSA) is 78.2 Å². The van der Waals surface area contributed by atoms with E-state index in [0.717, 1.165) is 29.7 Å². The van der Waals surface area contributed by atoms with Crippen LogP contribution in [-0.4, -0.2) is 32.9 Å². The maximum atomic E-state index is 13.4. The van der Waals surface area contributed by atoms with Crippen molar-refractivity contribution in [3.05, 3.63) is 72.2 Å². The quantitative estimate of drug-likeness (QED) is 0.870. The Morgan fingerprint density at radius 2 is 2.07 bits per heavy atom. The number of carbonyl (C=O) groups is 1. The van der Waals surface area contributed by atoms with Crippen LogP contribution in [-0.2, 0) is 4.79 Å². The summed E-state index contributed by atoms with van der Waals surface area (Å²) in [7, 11) is 0. The lowest BCUT2D eigenvalue weighted by Gasteiger charge is -2.23. The smallest absolute Gasteiger partial charge is 0.246 e. The Balaban J connectivity index is 1.43. The molecule has 3 heterocycles. The summed E-state index contributed by atoms with van der Waals surface area (Å²) in [5.74, 6) is 0.916. The number of phenols is 1. The van der Waals surface area contributed by atoms with Gasteiger partial charge in [0.25, 0.3) is 0 Å². The first-order chi connectivity index (χ1) is 14.2. The highest BCUT2D eigenvalue weighted by molar-refractivity contribution is 6.03. The molecule has 1 aromatic heterocycles. The second-order valence-electron chi connectivity index (χ2n) is 7.83. The molecule has 5 rings (SSSR count). The van der Waals surface area contributed by atoms with Crippen molar-refractivity contribution in [1.82, 2.24) is 9.99 Å². The third-order valence-corrected chi connectivity index (χ3v) is 6.04. The molecule has 1 aliphatic carbocycles. The highest BCUT2D eigenvalue weighted by Gasteiger charge is 2.50. The van der Waals surface area contributed by atoms with Crippen LogP contribution in [0.25, 0.3) is 0 Å². The van der Waals surface area contributed by atoms with Crippen LogP contribution in [0, 0.1) is 17.8 Å². The van der Waals surface area contributed by atoms with Gasteiger partial charge in [0.2, 0.25) is 5.91 Å². The van der Waals surface area contributed by atoms with E-state index < -0.39 is 0 Å². The fourth-order valence-electron chi connectivity index (χ4n) is 4.37. The van der Waals surface area contributed by atoms with E-state index in [4.69, 9.17) is 5.10 Å². The van der Waals surface area contributed by atoms with E-state index in [1.54, 1.807) is 29.5 Å². The van der Waals surface area contributed by atoms with Gasteiger partial charge in [-0.3, -0.25) is 14.8 Å². The summed E-state index contributed by atoms with van der Waals surface area (Å²) in [4.78, 5) is 21.7. The molecule has 1 fully saturated rings. The van der Waals surface area contributed by atoms with E-state index in [9.17, 15) is 9.90 Å². The first kappa shape index (κ1) is 17.8. The summed E-state index contributed by atoms with van der Waals surface area (Å²) >= 11 is 0. The van der Waals surface area contributed by atoms with Gasteiger partial charge < -0.3 is 5.11 Å². The molecule has 6 nitrogen and oxygen atoms in total. The van der Waals surface area contributed by atoms with Crippen LogP contribution in [0.5, 0.6) is 5.75 Å². The van der Waals surface area contributed by atoms with Gasteiger partial charge in [0.05, 0.1) is 11.8 Å². The molecule has 2 aliphatic heterocycles. The van der Waals surface area contributed by atoms with Crippen molar-refractivity contribution in [2.24, 2.45) is 27.8 Å². The predicted molar refractivity (Wildman–Crippen MR) is 110 cm³/mol. The lowest BCUT2D eigenvalue weighted by molar-refractivity contribution is -0.134. The number of aromatic hydroxyl groups is 1. The number of pyridine rings is 1. The Labute approximate surface area is 169 Å². The summed E-state index contributed by atoms with van der Waals surface area (Å²) in [5, 5.41) is 16.7. The van der Waals surface area contributed by atoms with E-state index in [1.165, 1.54) is 0 Å². The SMILES string of the molecule is O=C([C@H]1C[C@@H]1C1C=CN=CC1)N1N=C(c2cccnc2)CC1c1ccccc1O. The minimum absolute atomic E-state index is 0.0264. The van der Waals surface area contributed by atoms with Crippen LogP contribution < -0.4 is 0 Å².